The summed E-state index contributed by atoms with van der Waals surface area (Å²) in [6.07, 6.45) is 12.7. The molecule has 4 fully saturated rings. The predicted molar refractivity (Wildman–Crippen MR) is 85.8 cm³/mol. The zero-order chi connectivity index (χ0) is 14.9. The maximum atomic E-state index is 11.7. The smallest absolute Gasteiger partial charge is 0.0747 e. The van der Waals surface area contributed by atoms with Gasteiger partial charge in [-0.1, -0.05) is 26.7 Å². The van der Waals surface area contributed by atoms with E-state index in [1.165, 1.54) is 44.9 Å². The molecule has 4 aliphatic carbocycles. The third-order valence-corrected chi connectivity index (χ3v) is 8.84. The first-order valence-electron chi connectivity index (χ1n) is 9.40. The number of nitrogens with two attached hydrogens (primary N) is 1. The minimum Gasteiger partial charge on any atom is -0.389 e. The van der Waals surface area contributed by atoms with E-state index in [9.17, 15) is 5.11 Å². The Balaban J connectivity index is 1.70. The van der Waals surface area contributed by atoms with E-state index in [0.717, 1.165) is 31.1 Å². The van der Waals surface area contributed by atoms with Crippen molar-refractivity contribution in [3.8, 4) is 0 Å². The van der Waals surface area contributed by atoms with Gasteiger partial charge >= 0.3 is 0 Å². The van der Waals surface area contributed by atoms with Gasteiger partial charge in [0.1, 0.15) is 0 Å². The quantitative estimate of drug-likeness (QED) is 0.712. The molecule has 0 unspecified atom stereocenters. The monoisotopic (exact) mass is 291 g/mol. The van der Waals surface area contributed by atoms with Gasteiger partial charge in [-0.05, 0) is 74.5 Å². The van der Waals surface area contributed by atoms with Gasteiger partial charge in [0.25, 0.3) is 0 Å². The lowest BCUT2D eigenvalue weighted by molar-refractivity contribution is -0.200. The van der Waals surface area contributed by atoms with E-state index in [-0.39, 0.29) is 11.5 Å². The lowest BCUT2D eigenvalue weighted by Gasteiger charge is -2.63. The van der Waals surface area contributed by atoms with Crippen molar-refractivity contribution in [2.45, 2.75) is 89.7 Å². The van der Waals surface area contributed by atoms with Crippen molar-refractivity contribution in [1.82, 2.24) is 0 Å². The zero-order valence-corrected chi connectivity index (χ0v) is 13.9. The van der Waals surface area contributed by atoms with E-state index in [0.29, 0.717) is 11.3 Å². The molecule has 120 valence electrons. The summed E-state index contributed by atoms with van der Waals surface area (Å²) in [4.78, 5) is 0. The molecule has 2 heteroatoms. The van der Waals surface area contributed by atoms with Crippen LogP contribution in [0.15, 0.2) is 0 Å². The summed E-state index contributed by atoms with van der Waals surface area (Å²) in [5, 5.41) is 11.7. The van der Waals surface area contributed by atoms with Crippen LogP contribution in [0.3, 0.4) is 0 Å². The van der Waals surface area contributed by atoms with Crippen LogP contribution in [-0.2, 0) is 0 Å². The SMILES string of the molecule is C[C@]12CCCC[C@H]1CC[C@@H]1[C@@H]2CC[C@]2(C)[C@@H](N)CC[C@]12O. The molecule has 0 radical (unpaired) electrons. The topological polar surface area (TPSA) is 46.2 Å². The molecule has 0 aromatic rings. The van der Waals surface area contributed by atoms with Crippen molar-refractivity contribution in [2.75, 3.05) is 0 Å². The molecule has 0 amide bonds. The van der Waals surface area contributed by atoms with Crippen molar-refractivity contribution in [1.29, 1.82) is 0 Å². The fraction of sp³-hybridized carbons (Fsp3) is 1.00. The van der Waals surface area contributed by atoms with Gasteiger partial charge < -0.3 is 10.8 Å². The molecule has 4 rings (SSSR count). The van der Waals surface area contributed by atoms with Crippen molar-refractivity contribution < 1.29 is 5.11 Å². The van der Waals surface area contributed by atoms with Gasteiger partial charge in [0.15, 0.2) is 0 Å². The number of fused-ring (bicyclic) bond motifs is 5. The number of hydrogen-bond acceptors (Lipinski definition) is 2. The van der Waals surface area contributed by atoms with Gasteiger partial charge in [-0.3, -0.25) is 0 Å². The Labute approximate surface area is 129 Å². The Morgan fingerprint density at radius 1 is 0.857 bits per heavy atom. The van der Waals surface area contributed by atoms with Gasteiger partial charge in [0.2, 0.25) is 0 Å². The summed E-state index contributed by atoms with van der Waals surface area (Å²) in [5.74, 6) is 2.19. The third-order valence-electron chi connectivity index (χ3n) is 8.84. The first-order valence-corrected chi connectivity index (χ1v) is 9.40. The summed E-state index contributed by atoms with van der Waals surface area (Å²) >= 11 is 0. The molecule has 3 N–H and O–H groups in total. The highest BCUT2D eigenvalue weighted by Gasteiger charge is 2.66. The average molecular weight is 291 g/mol. The van der Waals surface area contributed by atoms with Crippen molar-refractivity contribution >= 4 is 0 Å². The molecular weight excluding hydrogens is 258 g/mol. The fourth-order valence-corrected chi connectivity index (χ4v) is 7.30. The average Bonchev–Trinajstić information content (AvgIpc) is 2.71. The second-order valence-electron chi connectivity index (χ2n) is 9.26. The van der Waals surface area contributed by atoms with Gasteiger partial charge in [0, 0.05) is 11.5 Å². The van der Waals surface area contributed by atoms with Crippen molar-refractivity contribution in [3.63, 3.8) is 0 Å². The van der Waals surface area contributed by atoms with E-state index in [2.05, 4.69) is 13.8 Å². The van der Waals surface area contributed by atoms with Crippen LogP contribution < -0.4 is 5.73 Å². The van der Waals surface area contributed by atoms with Crippen LogP contribution in [0.25, 0.3) is 0 Å². The summed E-state index contributed by atoms with van der Waals surface area (Å²) in [7, 11) is 0. The van der Waals surface area contributed by atoms with Gasteiger partial charge in [-0.2, -0.15) is 0 Å². The highest BCUT2D eigenvalue weighted by Crippen LogP contribution is 2.67. The van der Waals surface area contributed by atoms with Crippen LogP contribution in [0.2, 0.25) is 0 Å². The van der Waals surface area contributed by atoms with Crippen molar-refractivity contribution in [2.24, 2.45) is 34.3 Å². The highest BCUT2D eigenvalue weighted by atomic mass is 16.3. The minimum absolute atomic E-state index is 0.0218. The van der Waals surface area contributed by atoms with Crippen LogP contribution in [0.4, 0.5) is 0 Å². The molecule has 0 aliphatic heterocycles. The second-order valence-corrected chi connectivity index (χ2v) is 9.26. The molecule has 0 bridgehead atoms. The first kappa shape index (κ1) is 14.5. The van der Waals surface area contributed by atoms with E-state index in [1.54, 1.807) is 0 Å². The molecule has 4 aliphatic rings. The first-order chi connectivity index (χ1) is 9.92. The molecule has 21 heavy (non-hydrogen) atoms. The van der Waals surface area contributed by atoms with E-state index < -0.39 is 5.60 Å². The summed E-state index contributed by atoms with van der Waals surface area (Å²) < 4.78 is 0. The number of rotatable bonds is 0. The molecule has 0 spiro atoms. The van der Waals surface area contributed by atoms with Crippen LogP contribution in [0, 0.1) is 28.6 Å². The van der Waals surface area contributed by atoms with E-state index >= 15 is 0 Å². The molecule has 0 aromatic heterocycles. The molecule has 7 atom stereocenters. The predicted octanol–water partition coefficient (Wildman–Crippen LogP) is 3.86. The van der Waals surface area contributed by atoms with E-state index in [1.807, 2.05) is 0 Å². The minimum atomic E-state index is -0.471. The number of hydrogen-bond donors (Lipinski definition) is 2. The Hall–Kier alpha value is -0.0800. The molecule has 0 heterocycles. The second kappa shape index (κ2) is 4.47. The zero-order valence-electron chi connectivity index (χ0n) is 13.9. The molecule has 0 aromatic carbocycles. The Kier molecular flexibility index (Phi) is 3.09. The lowest BCUT2D eigenvalue weighted by atomic mass is 9.44. The summed E-state index contributed by atoms with van der Waals surface area (Å²) in [5.41, 5.74) is 6.45. The maximum Gasteiger partial charge on any atom is 0.0747 e. The molecule has 2 nitrogen and oxygen atoms in total. The lowest BCUT2D eigenvalue weighted by Crippen LogP contribution is -2.63. The van der Waals surface area contributed by atoms with Crippen molar-refractivity contribution in [3.05, 3.63) is 0 Å². The van der Waals surface area contributed by atoms with Gasteiger partial charge in [-0.25, -0.2) is 0 Å². The van der Waals surface area contributed by atoms with Crippen LogP contribution in [0.1, 0.15) is 78.1 Å². The van der Waals surface area contributed by atoms with E-state index in [4.69, 9.17) is 5.73 Å². The van der Waals surface area contributed by atoms with Crippen LogP contribution in [0.5, 0.6) is 0 Å². The Morgan fingerprint density at radius 2 is 1.67 bits per heavy atom. The van der Waals surface area contributed by atoms with Crippen LogP contribution in [-0.4, -0.2) is 16.7 Å². The standard InChI is InChI=1S/C19H33NO/c1-17-10-4-3-5-13(17)6-7-15-14(17)8-11-18(2)16(20)9-12-19(15,18)21/h13-16,21H,3-12,20H2,1-2H3/t13-,14-,15+,16-,17-,18+,19-/m0/s1. The number of aliphatic hydroxyl groups is 1. The fourth-order valence-electron chi connectivity index (χ4n) is 7.30. The van der Waals surface area contributed by atoms with Crippen LogP contribution >= 0.6 is 0 Å². The Morgan fingerprint density at radius 3 is 2.48 bits per heavy atom. The third kappa shape index (κ3) is 1.67. The Bertz CT molecular complexity index is 437. The molecule has 0 saturated heterocycles. The van der Waals surface area contributed by atoms with Gasteiger partial charge in [-0.15, -0.1) is 0 Å². The largest absolute Gasteiger partial charge is 0.389 e. The summed E-state index contributed by atoms with van der Waals surface area (Å²) in [6, 6.07) is 0.209. The highest BCUT2D eigenvalue weighted by molar-refractivity contribution is 5.17. The summed E-state index contributed by atoms with van der Waals surface area (Å²) in [6.45, 7) is 4.85. The maximum absolute atomic E-state index is 11.7. The van der Waals surface area contributed by atoms with Gasteiger partial charge in [0.05, 0.1) is 5.60 Å². The molecule has 4 saturated carbocycles. The molecular formula is C19H33NO. The normalized spacial score (nSPS) is 60.0.